The highest BCUT2D eigenvalue weighted by Gasteiger charge is 2.11. The summed E-state index contributed by atoms with van der Waals surface area (Å²) >= 11 is 1.61. The molecule has 0 fully saturated rings. The number of nitrogens with one attached hydrogen (secondary N) is 1. The third-order valence-electron chi connectivity index (χ3n) is 2.35. The molecule has 1 amide bonds. The molecule has 0 aromatic carbocycles. The van der Waals surface area contributed by atoms with Crippen LogP contribution in [0.15, 0.2) is 23.0 Å². The first-order valence-corrected chi connectivity index (χ1v) is 6.50. The highest BCUT2D eigenvalue weighted by Crippen LogP contribution is 2.05. The molecule has 0 aliphatic rings. The maximum Gasteiger partial charge on any atom is 0.325 e. The van der Waals surface area contributed by atoms with Crippen molar-refractivity contribution in [2.24, 2.45) is 0 Å². The van der Waals surface area contributed by atoms with Crippen molar-refractivity contribution < 1.29 is 14.7 Å². The van der Waals surface area contributed by atoms with Crippen LogP contribution in [0.1, 0.15) is 16.1 Å². The Balaban J connectivity index is 1.82. The molecule has 0 aliphatic heterocycles. The summed E-state index contributed by atoms with van der Waals surface area (Å²) in [5.41, 5.74) is 1.28. The molecule has 0 spiro atoms. The first-order chi connectivity index (χ1) is 9.15. The smallest absolute Gasteiger partial charge is 0.325 e. The van der Waals surface area contributed by atoms with E-state index in [0.717, 1.165) is 11.1 Å². The quantitative estimate of drug-likeness (QED) is 0.798. The zero-order valence-corrected chi connectivity index (χ0v) is 10.8. The van der Waals surface area contributed by atoms with E-state index in [1.807, 2.05) is 16.8 Å². The van der Waals surface area contributed by atoms with Crippen LogP contribution in [0, 0.1) is 0 Å². The predicted molar refractivity (Wildman–Crippen MR) is 68.0 cm³/mol. The van der Waals surface area contributed by atoms with Gasteiger partial charge in [-0.25, -0.2) is 4.68 Å². The Morgan fingerprint density at radius 2 is 2.32 bits per heavy atom. The minimum atomic E-state index is -1.03. The molecule has 0 radical (unpaired) electrons. The van der Waals surface area contributed by atoms with E-state index in [9.17, 15) is 9.59 Å². The van der Waals surface area contributed by atoms with Gasteiger partial charge in [0.2, 0.25) is 0 Å². The molecule has 2 N–H and O–H groups in total. The maximum absolute atomic E-state index is 11.7. The van der Waals surface area contributed by atoms with E-state index in [1.165, 1.54) is 11.8 Å². The molecular weight excluding hydrogens is 268 g/mol. The zero-order chi connectivity index (χ0) is 13.7. The Kier molecular flexibility index (Phi) is 4.24. The second-order valence-corrected chi connectivity index (χ2v) is 4.61. The maximum atomic E-state index is 11.7. The van der Waals surface area contributed by atoms with Crippen LogP contribution in [0.3, 0.4) is 0 Å². The van der Waals surface area contributed by atoms with E-state index < -0.39 is 5.97 Å². The lowest BCUT2D eigenvalue weighted by molar-refractivity contribution is -0.137. The highest BCUT2D eigenvalue weighted by molar-refractivity contribution is 7.07. The summed E-state index contributed by atoms with van der Waals surface area (Å²) in [6.07, 6.45) is 2.06. The first kappa shape index (κ1) is 13.2. The van der Waals surface area contributed by atoms with Crippen molar-refractivity contribution in [3.05, 3.63) is 34.3 Å². The topological polar surface area (TPSA) is 97.1 Å². The number of rotatable bonds is 6. The third kappa shape index (κ3) is 3.88. The molecule has 0 saturated carbocycles. The number of carboxylic acids is 1. The average molecular weight is 280 g/mol. The molecule has 100 valence electrons. The largest absolute Gasteiger partial charge is 0.480 e. The Morgan fingerprint density at radius 3 is 3.00 bits per heavy atom. The Hall–Kier alpha value is -2.22. The van der Waals surface area contributed by atoms with Gasteiger partial charge in [-0.3, -0.25) is 9.59 Å². The van der Waals surface area contributed by atoms with Crippen molar-refractivity contribution in [1.82, 2.24) is 20.3 Å². The van der Waals surface area contributed by atoms with Crippen LogP contribution in [-0.2, 0) is 17.8 Å². The van der Waals surface area contributed by atoms with Crippen LogP contribution < -0.4 is 5.32 Å². The number of thiophene rings is 1. The number of hydrogen-bond acceptors (Lipinski definition) is 5. The highest BCUT2D eigenvalue weighted by atomic mass is 32.1. The summed E-state index contributed by atoms with van der Waals surface area (Å²) in [5.74, 6) is -1.39. The van der Waals surface area contributed by atoms with E-state index in [0.29, 0.717) is 6.54 Å². The number of aliphatic carboxylic acids is 1. The van der Waals surface area contributed by atoms with Crippen molar-refractivity contribution in [2.45, 2.75) is 13.0 Å². The lowest BCUT2D eigenvalue weighted by atomic mass is 10.2. The second kappa shape index (κ2) is 6.10. The van der Waals surface area contributed by atoms with Gasteiger partial charge in [0.1, 0.15) is 6.54 Å². The summed E-state index contributed by atoms with van der Waals surface area (Å²) in [6.45, 7) is 0.191. The van der Waals surface area contributed by atoms with Crippen LogP contribution >= 0.6 is 11.3 Å². The number of aromatic nitrogens is 3. The van der Waals surface area contributed by atoms with Crippen LogP contribution in [0.25, 0.3) is 0 Å². The Morgan fingerprint density at radius 1 is 1.47 bits per heavy atom. The lowest BCUT2D eigenvalue weighted by Gasteiger charge is -2.00. The summed E-state index contributed by atoms with van der Waals surface area (Å²) in [7, 11) is 0. The summed E-state index contributed by atoms with van der Waals surface area (Å²) in [6, 6.07) is 2.00. The van der Waals surface area contributed by atoms with Crippen molar-refractivity contribution in [2.75, 3.05) is 6.54 Å². The molecule has 0 atom stereocenters. The summed E-state index contributed by atoms with van der Waals surface area (Å²) < 4.78 is 1.11. The monoisotopic (exact) mass is 280 g/mol. The Labute approximate surface area is 112 Å². The van der Waals surface area contributed by atoms with E-state index in [2.05, 4.69) is 15.6 Å². The van der Waals surface area contributed by atoms with Gasteiger partial charge < -0.3 is 10.4 Å². The molecular formula is C11H12N4O3S. The van der Waals surface area contributed by atoms with Crippen LogP contribution in [-0.4, -0.2) is 38.5 Å². The van der Waals surface area contributed by atoms with E-state index in [1.54, 1.807) is 11.3 Å². The number of hydrogen-bond donors (Lipinski definition) is 2. The molecule has 8 heteroatoms. The normalized spacial score (nSPS) is 10.3. The summed E-state index contributed by atoms with van der Waals surface area (Å²) in [4.78, 5) is 22.2. The standard InChI is InChI=1S/C11H12N4O3S/c16-10(17)6-15-5-9(13-14-15)11(18)12-3-1-8-2-4-19-7-8/h2,4-5,7H,1,3,6H2,(H,12,18)(H,16,17). The predicted octanol–water partition coefficient (Wildman–Crippen LogP) is 0.397. The number of carbonyl (C=O) groups is 2. The van der Waals surface area contributed by atoms with Gasteiger partial charge >= 0.3 is 5.97 Å². The van der Waals surface area contributed by atoms with Crippen molar-refractivity contribution in [1.29, 1.82) is 0 Å². The van der Waals surface area contributed by atoms with Crippen molar-refractivity contribution in [3.8, 4) is 0 Å². The fourth-order valence-corrected chi connectivity index (χ4v) is 2.17. The number of carboxylic acid groups (broad SMARTS) is 1. The molecule has 19 heavy (non-hydrogen) atoms. The lowest BCUT2D eigenvalue weighted by Crippen LogP contribution is -2.26. The van der Waals surface area contributed by atoms with Crippen LogP contribution in [0.4, 0.5) is 0 Å². The third-order valence-corrected chi connectivity index (χ3v) is 3.08. The number of amides is 1. The average Bonchev–Trinajstić information content (AvgIpc) is 2.99. The molecule has 2 aromatic heterocycles. The van der Waals surface area contributed by atoms with Gasteiger partial charge in [-0.05, 0) is 28.8 Å². The van der Waals surface area contributed by atoms with Crippen molar-refractivity contribution >= 4 is 23.2 Å². The molecule has 0 bridgehead atoms. The second-order valence-electron chi connectivity index (χ2n) is 3.83. The zero-order valence-electron chi connectivity index (χ0n) is 9.94. The number of nitrogens with zero attached hydrogens (tertiary/aromatic N) is 3. The SMILES string of the molecule is O=C(O)Cn1cc(C(=O)NCCc2ccsc2)nn1. The van der Waals surface area contributed by atoms with Gasteiger partial charge in [-0.1, -0.05) is 5.21 Å². The molecule has 2 rings (SSSR count). The molecule has 0 saturated heterocycles. The van der Waals surface area contributed by atoms with E-state index in [-0.39, 0.29) is 18.1 Å². The minimum absolute atomic E-state index is 0.117. The summed E-state index contributed by atoms with van der Waals surface area (Å²) in [5, 5.41) is 22.5. The van der Waals surface area contributed by atoms with Crippen molar-refractivity contribution in [3.63, 3.8) is 0 Å². The molecule has 0 unspecified atom stereocenters. The van der Waals surface area contributed by atoms with Gasteiger partial charge in [0, 0.05) is 6.54 Å². The van der Waals surface area contributed by atoms with Gasteiger partial charge in [-0.15, -0.1) is 5.10 Å². The minimum Gasteiger partial charge on any atom is -0.480 e. The number of carbonyl (C=O) groups excluding carboxylic acids is 1. The Bertz CT molecular complexity index is 564. The molecule has 2 heterocycles. The fourth-order valence-electron chi connectivity index (χ4n) is 1.46. The molecule has 7 nitrogen and oxygen atoms in total. The van der Waals surface area contributed by atoms with Gasteiger partial charge in [0.15, 0.2) is 5.69 Å². The molecule has 2 aromatic rings. The fraction of sp³-hybridized carbons (Fsp3) is 0.273. The van der Waals surface area contributed by atoms with Crippen LogP contribution in [0.2, 0.25) is 0 Å². The van der Waals surface area contributed by atoms with E-state index in [4.69, 9.17) is 5.11 Å². The molecule has 0 aliphatic carbocycles. The van der Waals surface area contributed by atoms with Crippen LogP contribution in [0.5, 0.6) is 0 Å². The first-order valence-electron chi connectivity index (χ1n) is 5.56. The van der Waals surface area contributed by atoms with E-state index >= 15 is 0 Å². The van der Waals surface area contributed by atoms with Gasteiger partial charge in [0.25, 0.3) is 5.91 Å². The van der Waals surface area contributed by atoms with Gasteiger partial charge in [-0.2, -0.15) is 11.3 Å². The van der Waals surface area contributed by atoms with Gasteiger partial charge in [0.05, 0.1) is 6.20 Å².